The van der Waals surface area contributed by atoms with Crippen LogP contribution in [0.3, 0.4) is 0 Å². The monoisotopic (exact) mass is 227 g/mol. The molecule has 0 spiro atoms. The van der Waals surface area contributed by atoms with E-state index in [-0.39, 0.29) is 17.3 Å². The second-order valence-electron chi connectivity index (χ2n) is 4.23. The number of nitrogens with two attached hydrogens (primary N) is 1. The Balaban J connectivity index is 2.84. The van der Waals surface area contributed by atoms with E-state index in [0.717, 1.165) is 12.1 Å². The molecule has 0 aliphatic rings. The van der Waals surface area contributed by atoms with E-state index < -0.39 is 17.7 Å². The molecule has 0 aliphatic carbocycles. The van der Waals surface area contributed by atoms with Crippen LogP contribution in [0.1, 0.15) is 30.6 Å². The Morgan fingerprint density at radius 1 is 1.31 bits per heavy atom. The van der Waals surface area contributed by atoms with Gasteiger partial charge in [0.1, 0.15) is 0 Å². The zero-order valence-corrected chi connectivity index (χ0v) is 9.34. The van der Waals surface area contributed by atoms with Crippen LogP contribution in [0.15, 0.2) is 18.2 Å². The maximum Gasteiger partial charge on any atom is 0.179 e. The molecule has 0 bridgehead atoms. The van der Waals surface area contributed by atoms with E-state index >= 15 is 0 Å². The van der Waals surface area contributed by atoms with Gasteiger partial charge in [-0.25, -0.2) is 8.78 Å². The predicted molar refractivity (Wildman–Crippen MR) is 58.1 cm³/mol. The Labute approximate surface area is 93.5 Å². The van der Waals surface area contributed by atoms with Gasteiger partial charge in [-0.1, -0.05) is 13.8 Å². The van der Waals surface area contributed by atoms with Crippen LogP contribution in [-0.2, 0) is 0 Å². The number of benzene rings is 1. The van der Waals surface area contributed by atoms with Gasteiger partial charge in [0.15, 0.2) is 17.4 Å². The molecule has 1 rings (SSSR count). The smallest absolute Gasteiger partial charge is 0.179 e. The molecule has 16 heavy (non-hydrogen) atoms. The standard InChI is InChI=1S/C12H15F2NO/c1-7(2)5-11(15)12(16)8-3-4-9(13)10(14)6-8/h3-4,6-7,11H,5,15H2,1-2H3. The van der Waals surface area contributed by atoms with Crippen molar-refractivity contribution in [2.45, 2.75) is 26.3 Å². The lowest BCUT2D eigenvalue weighted by Crippen LogP contribution is -2.32. The van der Waals surface area contributed by atoms with Gasteiger partial charge in [0.2, 0.25) is 0 Å². The van der Waals surface area contributed by atoms with Crippen molar-refractivity contribution in [2.75, 3.05) is 0 Å². The highest BCUT2D eigenvalue weighted by Crippen LogP contribution is 2.13. The first-order chi connectivity index (χ1) is 7.41. The van der Waals surface area contributed by atoms with Crippen LogP contribution in [-0.4, -0.2) is 11.8 Å². The molecule has 1 unspecified atom stereocenters. The van der Waals surface area contributed by atoms with Crippen LogP contribution < -0.4 is 5.73 Å². The van der Waals surface area contributed by atoms with Gasteiger partial charge in [0, 0.05) is 5.56 Å². The average Bonchev–Trinajstić information content (AvgIpc) is 2.20. The second kappa shape index (κ2) is 5.16. The summed E-state index contributed by atoms with van der Waals surface area (Å²) in [7, 11) is 0. The summed E-state index contributed by atoms with van der Waals surface area (Å²) < 4.78 is 25.6. The zero-order valence-electron chi connectivity index (χ0n) is 9.34. The maximum absolute atomic E-state index is 12.9. The lowest BCUT2D eigenvalue weighted by atomic mass is 9.97. The van der Waals surface area contributed by atoms with Crippen molar-refractivity contribution in [3.05, 3.63) is 35.4 Å². The fourth-order valence-corrected chi connectivity index (χ4v) is 1.48. The molecule has 0 saturated carbocycles. The highest BCUT2D eigenvalue weighted by molar-refractivity contribution is 5.99. The van der Waals surface area contributed by atoms with E-state index in [0.29, 0.717) is 6.42 Å². The van der Waals surface area contributed by atoms with Gasteiger partial charge in [0.25, 0.3) is 0 Å². The number of Topliss-reactive ketones (excluding diaryl/α,β-unsaturated/α-hetero) is 1. The molecular formula is C12H15F2NO. The predicted octanol–water partition coefficient (Wildman–Crippen LogP) is 2.52. The molecule has 0 saturated heterocycles. The highest BCUT2D eigenvalue weighted by atomic mass is 19.2. The molecule has 2 nitrogen and oxygen atoms in total. The molecule has 4 heteroatoms. The van der Waals surface area contributed by atoms with Crippen molar-refractivity contribution in [2.24, 2.45) is 11.7 Å². The third-order valence-electron chi connectivity index (χ3n) is 2.27. The van der Waals surface area contributed by atoms with Crippen molar-refractivity contribution in [3.63, 3.8) is 0 Å². The number of halogens is 2. The number of ketones is 1. The summed E-state index contributed by atoms with van der Waals surface area (Å²) in [6, 6.07) is 2.41. The number of carbonyl (C=O) groups excluding carboxylic acids is 1. The normalized spacial score (nSPS) is 12.9. The first-order valence-corrected chi connectivity index (χ1v) is 5.16. The SMILES string of the molecule is CC(C)CC(N)C(=O)c1ccc(F)c(F)c1. The summed E-state index contributed by atoms with van der Waals surface area (Å²) in [5.74, 6) is -2.06. The number of rotatable bonds is 4. The molecule has 0 aliphatic heterocycles. The fourth-order valence-electron chi connectivity index (χ4n) is 1.48. The Morgan fingerprint density at radius 3 is 2.44 bits per heavy atom. The molecule has 88 valence electrons. The van der Waals surface area contributed by atoms with Gasteiger partial charge >= 0.3 is 0 Å². The molecule has 0 amide bonds. The van der Waals surface area contributed by atoms with Gasteiger partial charge < -0.3 is 5.73 Å². The molecule has 2 N–H and O–H groups in total. The number of hydrogen-bond donors (Lipinski definition) is 1. The van der Waals surface area contributed by atoms with Crippen molar-refractivity contribution in [1.29, 1.82) is 0 Å². The van der Waals surface area contributed by atoms with Gasteiger partial charge in [-0.2, -0.15) is 0 Å². The van der Waals surface area contributed by atoms with E-state index in [9.17, 15) is 13.6 Å². The van der Waals surface area contributed by atoms with Crippen LogP contribution in [0.4, 0.5) is 8.78 Å². The molecule has 0 aromatic heterocycles. The van der Waals surface area contributed by atoms with Crippen LogP contribution in [0.5, 0.6) is 0 Å². The third kappa shape index (κ3) is 3.10. The summed E-state index contributed by atoms with van der Waals surface area (Å²) in [6.07, 6.45) is 0.526. The molecule has 1 aromatic rings. The first kappa shape index (κ1) is 12.8. The van der Waals surface area contributed by atoms with Crippen molar-refractivity contribution in [1.82, 2.24) is 0 Å². The molecular weight excluding hydrogens is 212 g/mol. The Kier molecular flexibility index (Phi) is 4.12. The molecule has 1 atom stereocenters. The number of hydrogen-bond acceptors (Lipinski definition) is 2. The van der Waals surface area contributed by atoms with Crippen LogP contribution in [0.25, 0.3) is 0 Å². The quantitative estimate of drug-likeness (QED) is 0.803. The van der Waals surface area contributed by atoms with Crippen molar-refractivity contribution < 1.29 is 13.6 Å². The van der Waals surface area contributed by atoms with Gasteiger partial charge in [-0.15, -0.1) is 0 Å². The lowest BCUT2D eigenvalue weighted by molar-refractivity contribution is 0.0950. The van der Waals surface area contributed by atoms with E-state index in [4.69, 9.17) is 5.73 Å². The first-order valence-electron chi connectivity index (χ1n) is 5.16. The summed E-state index contributed by atoms with van der Waals surface area (Å²) in [5.41, 5.74) is 5.79. The van der Waals surface area contributed by atoms with Crippen LogP contribution in [0.2, 0.25) is 0 Å². The van der Waals surface area contributed by atoms with Crippen molar-refractivity contribution >= 4 is 5.78 Å². The largest absolute Gasteiger partial charge is 0.321 e. The van der Waals surface area contributed by atoms with E-state index in [1.807, 2.05) is 13.8 Å². The Hall–Kier alpha value is -1.29. The van der Waals surface area contributed by atoms with E-state index in [2.05, 4.69) is 0 Å². The zero-order chi connectivity index (χ0) is 12.3. The fraction of sp³-hybridized carbons (Fsp3) is 0.417. The summed E-state index contributed by atoms with van der Waals surface area (Å²) in [4.78, 5) is 11.7. The summed E-state index contributed by atoms with van der Waals surface area (Å²) in [5, 5.41) is 0. The minimum absolute atomic E-state index is 0.118. The highest BCUT2D eigenvalue weighted by Gasteiger charge is 2.18. The lowest BCUT2D eigenvalue weighted by Gasteiger charge is -2.12. The Morgan fingerprint density at radius 2 is 1.94 bits per heavy atom. The molecule has 1 aromatic carbocycles. The summed E-state index contributed by atoms with van der Waals surface area (Å²) >= 11 is 0. The van der Waals surface area contributed by atoms with Crippen molar-refractivity contribution in [3.8, 4) is 0 Å². The topological polar surface area (TPSA) is 43.1 Å². The van der Waals surface area contributed by atoms with Gasteiger partial charge in [-0.05, 0) is 30.5 Å². The Bertz CT molecular complexity index is 391. The van der Waals surface area contributed by atoms with E-state index in [1.165, 1.54) is 6.07 Å². The number of carbonyl (C=O) groups is 1. The van der Waals surface area contributed by atoms with Crippen LogP contribution in [0, 0.1) is 17.6 Å². The van der Waals surface area contributed by atoms with Crippen LogP contribution >= 0.6 is 0 Å². The molecule has 0 fully saturated rings. The molecule has 0 heterocycles. The average molecular weight is 227 g/mol. The van der Waals surface area contributed by atoms with Gasteiger partial charge in [-0.3, -0.25) is 4.79 Å². The maximum atomic E-state index is 12.9. The molecule has 0 radical (unpaired) electrons. The third-order valence-corrected chi connectivity index (χ3v) is 2.27. The minimum atomic E-state index is -1.03. The van der Waals surface area contributed by atoms with E-state index in [1.54, 1.807) is 0 Å². The second-order valence-corrected chi connectivity index (χ2v) is 4.23. The van der Waals surface area contributed by atoms with Gasteiger partial charge in [0.05, 0.1) is 6.04 Å². The minimum Gasteiger partial charge on any atom is -0.321 e. The summed E-state index contributed by atoms with van der Waals surface area (Å²) in [6.45, 7) is 3.89.